The average molecular weight is 247 g/mol. The third kappa shape index (κ3) is 2.42. The Bertz CT molecular complexity index is 521. The predicted octanol–water partition coefficient (Wildman–Crippen LogP) is 3.27. The Morgan fingerprint density at radius 3 is 2.06 bits per heavy atom. The summed E-state index contributed by atoms with van der Waals surface area (Å²) in [5, 5.41) is 0.511. The lowest BCUT2D eigenvalue weighted by Gasteiger charge is -2.19. The maximum Gasteiger partial charge on any atom is 0.182 e. The predicted molar refractivity (Wildman–Crippen MR) is 75.1 cm³/mol. The van der Waals surface area contributed by atoms with E-state index in [9.17, 15) is 0 Å². The minimum absolute atomic E-state index is 0.163. The van der Waals surface area contributed by atoms with Crippen molar-refractivity contribution in [1.29, 1.82) is 0 Å². The fraction of sp³-hybridized carbons (Fsp3) is 0.308. The summed E-state index contributed by atoms with van der Waals surface area (Å²) in [5.41, 5.74) is 14.0. The Labute approximate surface area is 105 Å². The quantitative estimate of drug-likeness (QED) is 0.812. The second kappa shape index (κ2) is 4.04. The van der Waals surface area contributed by atoms with Gasteiger partial charge in [0.15, 0.2) is 5.13 Å². The van der Waals surface area contributed by atoms with Crippen LogP contribution in [0.1, 0.15) is 26.3 Å². The van der Waals surface area contributed by atoms with Crippen molar-refractivity contribution in [2.24, 2.45) is 0 Å². The van der Waals surface area contributed by atoms with Gasteiger partial charge in [-0.05, 0) is 16.5 Å². The molecular weight excluding hydrogens is 230 g/mol. The van der Waals surface area contributed by atoms with Crippen molar-refractivity contribution < 1.29 is 0 Å². The van der Waals surface area contributed by atoms with Gasteiger partial charge in [-0.2, -0.15) is 0 Å². The zero-order chi connectivity index (χ0) is 12.6. The van der Waals surface area contributed by atoms with Crippen LogP contribution in [0.2, 0.25) is 0 Å². The third-order valence-corrected chi connectivity index (χ3v) is 3.63. The highest BCUT2D eigenvalue weighted by molar-refractivity contribution is 7.19. The second-order valence-corrected chi connectivity index (χ2v) is 6.12. The van der Waals surface area contributed by atoms with Crippen molar-refractivity contribution in [2.45, 2.75) is 26.2 Å². The Morgan fingerprint density at radius 1 is 1.06 bits per heavy atom. The van der Waals surface area contributed by atoms with Gasteiger partial charge in [-0.1, -0.05) is 56.4 Å². The largest absolute Gasteiger partial charge is 0.382 e. The fourth-order valence-corrected chi connectivity index (χ4v) is 2.43. The van der Waals surface area contributed by atoms with Gasteiger partial charge in [0.05, 0.1) is 4.88 Å². The summed E-state index contributed by atoms with van der Waals surface area (Å²) in [7, 11) is 0. The number of nitrogens with two attached hydrogens (primary N) is 2. The van der Waals surface area contributed by atoms with Crippen molar-refractivity contribution in [3.63, 3.8) is 0 Å². The monoisotopic (exact) mass is 247 g/mol. The minimum Gasteiger partial charge on any atom is -0.382 e. The summed E-state index contributed by atoms with van der Waals surface area (Å²) in [6.45, 7) is 6.59. The number of thiazole rings is 1. The van der Waals surface area contributed by atoms with E-state index in [1.54, 1.807) is 0 Å². The molecule has 90 valence electrons. The van der Waals surface area contributed by atoms with Gasteiger partial charge < -0.3 is 11.5 Å². The summed E-state index contributed by atoms with van der Waals surface area (Å²) < 4.78 is 0. The van der Waals surface area contributed by atoms with E-state index in [2.05, 4.69) is 50.0 Å². The van der Waals surface area contributed by atoms with E-state index < -0.39 is 0 Å². The molecular formula is C13H17N3S. The lowest BCUT2D eigenvalue weighted by molar-refractivity contribution is 0.590. The Kier molecular flexibility index (Phi) is 2.83. The molecule has 0 aliphatic rings. The van der Waals surface area contributed by atoms with Crippen LogP contribution in [0.25, 0.3) is 10.4 Å². The van der Waals surface area contributed by atoms with E-state index in [-0.39, 0.29) is 5.41 Å². The summed E-state index contributed by atoms with van der Waals surface area (Å²) in [4.78, 5) is 4.98. The van der Waals surface area contributed by atoms with Gasteiger partial charge in [0, 0.05) is 0 Å². The molecule has 0 saturated heterocycles. The number of benzene rings is 1. The van der Waals surface area contributed by atoms with E-state index in [0.29, 0.717) is 10.9 Å². The number of rotatable bonds is 1. The topological polar surface area (TPSA) is 64.9 Å². The first kappa shape index (κ1) is 11.9. The van der Waals surface area contributed by atoms with Crippen molar-refractivity contribution in [2.75, 3.05) is 11.5 Å². The molecule has 1 aromatic carbocycles. The maximum absolute atomic E-state index is 5.82. The molecule has 0 atom stereocenters. The van der Waals surface area contributed by atoms with Gasteiger partial charge >= 0.3 is 0 Å². The van der Waals surface area contributed by atoms with Gasteiger partial charge in [-0.3, -0.25) is 0 Å². The highest BCUT2D eigenvalue weighted by Crippen LogP contribution is 2.34. The molecule has 0 saturated carbocycles. The normalized spacial score (nSPS) is 11.7. The molecule has 0 spiro atoms. The van der Waals surface area contributed by atoms with Crippen LogP contribution in [0.5, 0.6) is 0 Å². The first-order valence-electron chi connectivity index (χ1n) is 5.50. The second-order valence-electron chi connectivity index (χ2n) is 5.09. The van der Waals surface area contributed by atoms with Crippen molar-refractivity contribution >= 4 is 22.3 Å². The van der Waals surface area contributed by atoms with Crippen molar-refractivity contribution in [3.05, 3.63) is 29.8 Å². The lowest BCUT2D eigenvalue weighted by atomic mass is 9.86. The summed E-state index contributed by atoms with van der Waals surface area (Å²) in [6, 6.07) is 8.41. The lowest BCUT2D eigenvalue weighted by Crippen LogP contribution is -2.10. The first-order valence-corrected chi connectivity index (χ1v) is 6.32. The molecule has 0 aliphatic heterocycles. The van der Waals surface area contributed by atoms with Crippen LogP contribution >= 0.6 is 11.3 Å². The van der Waals surface area contributed by atoms with Gasteiger partial charge in [0.1, 0.15) is 5.82 Å². The molecule has 1 aromatic heterocycles. The van der Waals surface area contributed by atoms with Gasteiger partial charge in [-0.25, -0.2) is 4.98 Å². The van der Waals surface area contributed by atoms with Crippen LogP contribution < -0.4 is 11.5 Å². The zero-order valence-electron chi connectivity index (χ0n) is 10.3. The van der Waals surface area contributed by atoms with E-state index in [4.69, 9.17) is 11.5 Å². The van der Waals surface area contributed by atoms with Gasteiger partial charge in [-0.15, -0.1) is 0 Å². The van der Waals surface area contributed by atoms with E-state index in [1.165, 1.54) is 16.9 Å². The molecule has 0 aliphatic carbocycles. The van der Waals surface area contributed by atoms with Crippen molar-refractivity contribution in [1.82, 2.24) is 4.98 Å². The van der Waals surface area contributed by atoms with Gasteiger partial charge in [0.25, 0.3) is 0 Å². The molecule has 4 heteroatoms. The minimum atomic E-state index is 0.163. The molecule has 2 aromatic rings. The van der Waals surface area contributed by atoms with E-state index in [0.717, 1.165) is 10.4 Å². The highest BCUT2D eigenvalue weighted by atomic mass is 32.1. The summed E-state index contributed by atoms with van der Waals surface area (Å²) in [5.74, 6) is 0.510. The number of nitrogen functional groups attached to an aromatic ring is 2. The SMILES string of the molecule is CC(C)(C)c1ccc(-c2sc(N)nc2N)cc1. The van der Waals surface area contributed by atoms with Gasteiger partial charge in [0.2, 0.25) is 0 Å². The van der Waals surface area contributed by atoms with Crippen LogP contribution in [-0.4, -0.2) is 4.98 Å². The average Bonchev–Trinajstić information content (AvgIpc) is 2.57. The maximum atomic E-state index is 5.82. The number of aromatic nitrogens is 1. The molecule has 4 N–H and O–H groups in total. The number of anilines is 2. The van der Waals surface area contributed by atoms with Crippen LogP contribution in [0.4, 0.5) is 10.9 Å². The molecule has 0 amide bonds. The fourth-order valence-electron chi connectivity index (χ4n) is 1.68. The molecule has 17 heavy (non-hydrogen) atoms. The standard InChI is InChI=1S/C13H17N3S/c1-13(2,3)9-6-4-8(5-7-9)10-11(14)16-12(15)17-10/h4-7H,14H2,1-3H3,(H2,15,16). The number of nitrogens with zero attached hydrogens (tertiary/aromatic N) is 1. The van der Waals surface area contributed by atoms with Crippen molar-refractivity contribution in [3.8, 4) is 10.4 Å². The molecule has 2 rings (SSSR count). The first-order chi connectivity index (χ1) is 7.88. The third-order valence-electron chi connectivity index (χ3n) is 2.68. The Morgan fingerprint density at radius 2 is 1.65 bits per heavy atom. The number of hydrogen-bond donors (Lipinski definition) is 2. The highest BCUT2D eigenvalue weighted by Gasteiger charge is 2.14. The van der Waals surface area contributed by atoms with E-state index in [1.807, 2.05) is 0 Å². The van der Waals surface area contributed by atoms with Crippen LogP contribution in [-0.2, 0) is 5.41 Å². The molecule has 0 fully saturated rings. The van der Waals surface area contributed by atoms with Crippen LogP contribution in [0.15, 0.2) is 24.3 Å². The Balaban J connectivity index is 2.39. The van der Waals surface area contributed by atoms with E-state index >= 15 is 0 Å². The Hall–Kier alpha value is -1.55. The molecule has 0 unspecified atom stereocenters. The molecule has 0 bridgehead atoms. The molecule has 3 nitrogen and oxygen atoms in total. The van der Waals surface area contributed by atoms with Crippen LogP contribution in [0.3, 0.4) is 0 Å². The number of hydrogen-bond acceptors (Lipinski definition) is 4. The smallest absolute Gasteiger partial charge is 0.182 e. The summed E-state index contributed by atoms with van der Waals surface area (Å²) in [6.07, 6.45) is 0. The zero-order valence-corrected chi connectivity index (χ0v) is 11.1. The molecule has 0 radical (unpaired) electrons. The van der Waals surface area contributed by atoms with Crippen LogP contribution in [0, 0.1) is 0 Å². The summed E-state index contributed by atoms with van der Waals surface area (Å²) >= 11 is 1.42. The molecule has 1 heterocycles.